The molecule has 0 aliphatic heterocycles. The van der Waals surface area contributed by atoms with Gasteiger partial charge >= 0.3 is 0 Å². The quantitative estimate of drug-likeness (QED) is 0.784. The van der Waals surface area contributed by atoms with Gasteiger partial charge in [0.15, 0.2) is 0 Å². The molecular formula is C13H17N3O2. The molecule has 1 atom stereocenters. The maximum Gasteiger partial charge on any atom is 0.137 e. The fourth-order valence-corrected chi connectivity index (χ4v) is 1.81. The van der Waals surface area contributed by atoms with E-state index in [4.69, 9.17) is 4.74 Å². The summed E-state index contributed by atoms with van der Waals surface area (Å²) in [5.41, 5.74) is 1.38. The zero-order valence-electron chi connectivity index (χ0n) is 10.4. The summed E-state index contributed by atoms with van der Waals surface area (Å²) in [6.45, 7) is 1.40. The first kappa shape index (κ1) is 12.7. The number of ether oxygens (including phenoxy) is 1. The summed E-state index contributed by atoms with van der Waals surface area (Å²) >= 11 is 0. The summed E-state index contributed by atoms with van der Waals surface area (Å²) in [7, 11) is 1.67. The van der Waals surface area contributed by atoms with Crippen LogP contribution in [0.1, 0.15) is 23.9 Å². The van der Waals surface area contributed by atoms with E-state index in [1.54, 1.807) is 30.3 Å². The zero-order valence-corrected chi connectivity index (χ0v) is 10.4. The third-order valence-electron chi connectivity index (χ3n) is 2.72. The highest BCUT2D eigenvalue weighted by Gasteiger charge is 2.15. The Morgan fingerprint density at radius 2 is 2.22 bits per heavy atom. The van der Waals surface area contributed by atoms with Crippen molar-refractivity contribution >= 4 is 0 Å². The van der Waals surface area contributed by atoms with Crippen molar-refractivity contribution in [3.05, 3.63) is 48.0 Å². The predicted octanol–water partition coefficient (Wildman–Crippen LogP) is 1.40. The number of aryl methyl sites for hydroxylation is 1. The Kier molecular flexibility index (Phi) is 4.44. The van der Waals surface area contributed by atoms with E-state index in [1.807, 2.05) is 18.2 Å². The topological polar surface area (TPSA) is 60.2 Å². The van der Waals surface area contributed by atoms with E-state index in [-0.39, 0.29) is 0 Å². The predicted molar refractivity (Wildman–Crippen MR) is 67.0 cm³/mol. The third kappa shape index (κ3) is 2.94. The average molecular weight is 247 g/mol. The standard InChI is InChI=1S/C13H17N3O2/c1-18-10-4-9-16-12(6-8-15-16)13(17)11-5-2-3-7-14-11/h2-3,5-8,13,17H,4,9-10H2,1H3. The van der Waals surface area contributed by atoms with Crippen LogP contribution in [-0.2, 0) is 11.3 Å². The first-order valence-electron chi connectivity index (χ1n) is 5.92. The van der Waals surface area contributed by atoms with Crippen LogP contribution in [0.4, 0.5) is 0 Å². The number of pyridine rings is 1. The van der Waals surface area contributed by atoms with Crippen molar-refractivity contribution in [3.8, 4) is 0 Å². The van der Waals surface area contributed by atoms with Crippen LogP contribution in [-0.4, -0.2) is 33.6 Å². The van der Waals surface area contributed by atoms with Crippen LogP contribution in [0.5, 0.6) is 0 Å². The number of rotatable bonds is 6. The molecule has 0 saturated carbocycles. The van der Waals surface area contributed by atoms with Crippen molar-refractivity contribution in [3.63, 3.8) is 0 Å². The van der Waals surface area contributed by atoms with Crippen molar-refractivity contribution < 1.29 is 9.84 Å². The molecular weight excluding hydrogens is 230 g/mol. The van der Waals surface area contributed by atoms with E-state index in [9.17, 15) is 5.11 Å². The van der Waals surface area contributed by atoms with Crippen molar-refractivity contribution in [2.45, 2.75) is 19.1 Å². The molecule has 0 aliphatic carbocycles. The number of hydrogen-bond acceptors (Lipinski definition) is 4. The van der Waals surface area contributed by atoms with Gasteiger partial charge < -0.3 is 9.84 Å². The van der Waals surface area contributed by atoms with Crippen molar-refractivity contribution in [2.24, 2.45) is 0 Å². The van der Waals surface area contributed by atoms with Crippen LogP contribution in [0, 0.1) is 0 Å². The van der Waals surface area contributed by atoms with Gasteiger partial charge in [0.2, 0.25) is 0 Å². The van der Waals surface area contributed by atoms with Gasteiger partial charge in [-0.05, 0) is 24.6 Å². The Bertz CT molecular complexity index is 470. The number of hydrogen-bond donors (Lipinski definition) is 1. The highest BCUT2D eigenvalue weighted by molar-refractivity contribution is 5.18. The van der Waals surface area contributed by atoms with Gasteiger partial charge in [-0.25, -0.2) is 0 Å². The van der Waals surface area contributed by atoms with Gasteiger partial charge in [0.1, 0.15) is 6.10 Å². The van der Waals surface area contributed by atoms with Crippen molar-refractivity contribution in [2.75, 3.05) is 13.7 Å². The number of aromatic nitrogens is 3. The molecule has 1 N–H and O–H groups in total. The lowest BCUT2D eigenvalue weighted by Gasteiger charge is -2.12. The Morgan fingerprint density at radius 3 is 2.94 bits per heavy atom. The minimum Gasteiger partial charge on any atom is -0.385 e. The molecule has 96 valence electrons. The van der Waals surface area contributed by atoms with Crippen LogP contribution < -0.4 is 0 Å². The summed E-state index contributed by atoms with van der Waals surface area (Å²) in [6, 6.07) is 7.30. The fraction of sp³-hybridized carbons (Fsp3) is 0.385. The van der Waals surface area contributed by atoms with Crippen LogP contribution in [0.2, 0.25) is 0 Å². The molecule has 0 spiro atoms. The van der Waals surface area contributed by atoms with Gasteiger partial charge in [0.25, 0.3) is 0 Å². The normalized spacial score (nSPS) is 12.6. The monoisotopic (exact) mass is 247 g/mol. The van der Waals surface area contributed by atoms with E-state index in [0.29, 0.717) is 12.3 Å². The SMILES string of the molecule is COCCCn1nccc1C(O)c1ccccn1. The first-order valence-corrected chi connectivity index (χ1v) is 5.92. The number of nitrogens with zero attached hydrogens (tertiary/aromatic N) is 3. The van der Waals surface area contributed by atoms with Crippen LogP contribution in [0.3, 0.4) is 0 Å². The second-order valence-electron chi connectivity index (χ2n) is 3.98. The summed E-state index contributed by atoms with van der Waals surface area (Å²) in [5.74, 6) is 0. The van der Waals surface area contributed by atoms with Crippen LogP contribution in [0.25, 0.3) is 0 Å². The van der Waals surface area contributed by atoms with Crippen LogP contribution >= 0.6 is 0 Å². The Balaban J connectivity index is 2.11. The van der Waals surface area contributed by atoms with Gasteiger partial charge in [0.05, 0.1) is 11.4 Å². The Morgan fingerprint density at radius 1 is 1.33 bits per heavy atom. The van der Waals surface area contributed by atoms with Crippen molar-refractivity contribution in [1.29, 1.82) is 0 Å². The minimum absolute atomic E-state index is 0.631. The molecule has 0 saturated heterocycles. The molecule has 2 heterocycles. The smallest absolute Gasteiger partial charge is 0.137 e. The molecule has 0 aliphatic rings. The summed E-state index contributed by atoms with van der Waals surface area (Å²) in [6.07, 6.45) is 3.48. The molecule has 18 heavy (non-hydrogen) atoms. The average Bonchev–Trinajstić information content (AvgIpc) is 2.88. The highest BCUT2D eigenvalue weighted by atomic mass is 16.5. The van der Waals surface area contributed by atoms with Gasteiger partial charge in [-0.2, -0.15) is 5.10 Å². The second kappa shape index (κ2) is 6.28. The molecule has 0 radical (unpaired) electrons. The van der Waals surface area contributed by atoms with Gasteiger partial charge in [-0.15, -0.1) is 0 Å². The van der Waals surface area contributed by atoms with Crippen molar-refractivity contribution in [1.82, 2.24) is 14.8 Å². The highest BCUT2D eigenvalue weighted by Crippen LogP contribution is 2.19. The molecule has 0 aromatic carbocycles. The molecule has 0 bridgehead atoms. The van der Waals surface area contributed by atoms with Gasteiger partial charge in [-0.3, -0.25) is 9.67 Å². The zero-order chi connectivity index (χ0) is 12.8. The summed E-state index contributed by atoms with van der Waals surface area (Å²) in [5, 5.41) is 14.5. The van der Waals surface area contributed by atoms with E-state index < -0.39 is 6.10 Å². The molecule has 2 rings (SSSR count). The first-order chi connectivity index (χ1) is 8.83. The van der Waals surface area contributed by atoms with E-state index in [2.05, 4.69) is 10.1 Å². The Hall–Kier alpha value is -1.72. The van der Waals surface area contributed by atoms with E-state index >= 15 is 0 Å². The second-order valence-corrected chi connectivity index (χ2v) is 3.98. The molecule has 5 nitrogen and oxygen atoms in total. The van der Waals surface area contributed by atoms with Crippen LogP contribution in [0.15, 0.2) is 36.7 Å². The lowest BCUT2D eigenvalue weighted by molar-refractivity contribution is 0.181. The molecule has 2 aromatic rings. The number of aliphatic hydroxyl groups excluding tert-OH is 1. The maximum atomic E-state index is 10.3. The molecule has 2 aromatic heterocycles. The van der Waals surface area contributed by atoms with Gasteiger partial charge in [0, 0.05) is 32.7 Å². The minimum atomic E-state index is -0.740. The number of aliphatic hydroxyl groups is 1. The number of methoxy groups -OCH3 is 1. The largest absolute Gasteiger partial charge is 0.385 e. The molecule has 0 amide bonds. The van der Waals surface area contributed by atoms with E-state index in [1.165, 1.54) is 0 Å². The lowest BCUT2D eigenvalue weighted by Crippen LogP contribution is -2.12. The lowest BCUT2D eigenvalue weighted by atomic mass is 10.1. The molecule has 0 fully saturated rings. The van der Waals surface area contributed by atoms with E-state index in [0.717, 1.165) is 18.7 Å². The molecule has 5 heteroatoms. The fourth-order valence-electron chi connectivity index (χ4n) is 1.81. The maximum absolute atomic E-state index is 10.3. The van der Waals surface area contributed by atoms with Gasteiger partial charge in [-0.1, -0.05) is 6.07 Å². The third-order valence-corrected chi connectivity index (χ3v) is 2.72. The summed E-state index contributed by atoms with van der Waals surface area (Å²) in [4.78, 5) is 4.16. The summed E-state index contributed by atoms with van der Waals surface area (Å²) < 4.78 is 6.80. The molecule has 1 unspecified atom stereocenters. The Labute approximate surface area is 106 Å².